The van der Waals surface area contributed by atoms with Crippen molar-refractivity contribution in [1.82, 2.24) is 5.32 Å². The Morgan fingerprint density at radius 3 is 2.75 bits per heavy atom. The van der Waals surface area contributed by atoms with E-state index in [-0.39, 0.29) is 5.97 Å². The van der Waals surface area contributed by atoms with Crippen LogP contribution in [0.3, 0.4) is 0 Å². The second-order valence-corrected chi connectivity index (χ2v) is 4.14. The molecule has 1 aromatic rings. The second-order valence-electron chi connectivity index (χ2n) is 4.14. The summed E-state index contributed by atoms with van der Waals surface area (Å²) in [5, 5.41) is 3.14. The maximum absolute atomic E-state index is 12.0. The summed E-state index contributed by atoms with van der Waals surface area (Å²) in [6, 6.07) is 6.95. The molecule has 0 aromatic heterocycles. The van der Waals surface area contributed by atoms with Crippen LogP contribution in [0.15, 0.2) is 24.3 Å². The molecule has 20 heavy (non-hydrogen) atoms. The van der Waals surface area contributed by atoms with Crippen LogP contribution >= 0.6 is 0 Å². The van der Waals surface area contributed by atoms with Gasteiger partial charge >= 0.3 is 5.97 Å². The van der Waals surface area contributed by atoms with Gasteiger partial charge in [-0.1, -0.05) is 12.1 Å². The molecule has 0 saturated heterocycles. The van der Waals surface area contributed by atoms with E-state index in [0.29, 0.717) is 26.4 Å². The van der Waals surface area contributed by atoms with E-state index in [4.69, 9.17) is 14.2 Å². The highest BCUT2D eigenvalue weighted by atomic mass is 16.5. The molecule has 0 bridgehead atoms. The van der Waals surface area contributed by atoms with Crippen LogP contribution < -0.4 is 10.1 Å². The van der Waals surface area contributed by atoms with Crippen molar-refractivity contribution >= 4 is 5.97 Å². The van der Waals surface area contributed by atoms with Crippen molar-refractivity contribution in [3.63, 3.8) is 0 Å². The predicted molar refractivity (Wildman–Crippen MR) is 76.9 cm³/mol. The minimum absolute atomic E-state index is 0.294. The number of methoxy groups -OCH3 is 1. The number of nitrogens with one attached hydrogen (secondary N) is 1. The summed E-state index contributed by atoms with van der Waals surface area (Å²) in [4.78, 5) is 12.0. The molecule has 1 aromatic carbocycles. The van der Waals surface area contributed by atoms with Crippen LogP contribution in [0.5, 0.6) is 5.75 Å². The molecule has 1 atom stereocenters. The molecule has 5 nitrogen and oxygen atoms in total. The number of rotatable bonds is 9. The highest BCUT2D eigenvalue weighted by molar-refractivity contribution is 5.77. The van der Waals surface area contributed by atoms with Gasteiger partial charge in [-0.25, -0.2) is 4.79 Å². The van der Waals surface area contributed by atoms with E-state index in [1.807, 2.05) is 31.2 Å². The number of carbonyl (C=O) groups is 1. The van der Waals surface area contributed by atoms with Crippen molar-refractivity contribution in [2.24, 2.45) is 0 Å². The molecule has 0 aliphatic heterocycles. The Bertz CT molecular complexity index is 409. The summed E-state index contributed by atoms with van der Waals surface area (Å²) in [5.41, 5.74) is 0.825. The van der Waals surface area contributed by atoms with E-state index in [9.17, 15) is 4.79 Å². The van der Waals surface area contributed by atoms with Gasteiger partial charge in [0, 0.05) is 13.7 Å². The number of esters is 1. The first-order chi connectivity index (χ1) is 9.72. The largest absolute Gasteiger partial charge is 0.494 e. The fourth-order valence-corrected chi connectivity index (χ4v) is 1.82. The van der Waals surface area contributed by atoms with Crippen LogP contribution in [-0.4, -0.2) is 39.4 Å². The average molecular weight is 281 g/mol. The molecular formula is C15H23NO4. The van der Waals surface area contributed by atoms with E-state index >= 15 is 0 Å². The molecular weight excluding hydrogens is 258 g/mol. The SMILES string of the molecule is CCOC(=O)C(NCCOC)c1cccc(OCC)c1. The topological polar surface area (TPSA) is 56.8 Å². The molecule has 0 aliphatic rings. The zero-order chi connectivity index (χ0) is 14.8. The minimum atomic E-state index is -0.509. The molecule has 0 heterocycles. The van der Waals surface area contributed by atoms with Gasteiger partial charge in [0.15, 0.2) is 0 Å². The zero-order valence-corrected chi connectivity index (χ0v) is 12.3. The van der Waals surface area contributed by atoms with Gasteiger partial charge in [0.2, 0.25) is 0 Å². The fourth-order valence-electron chi connectivity index (χ4n) is 1.82. The van der Waals surface area contributed by atoms with Crippen molar-refractivity contribution in [2.75, 3.05) is 33.5 Å². The van der Waals surface area contributed by atoms with Gasteiger partial charge < -0.3 is 14.2 Å². The van der Waals surface area contributed by atoms with Crippen molar-refractivity contribution in [1.29, 1.82) is 0 Å². The molecule has 0 aliphatic carbocycles. The fraction of sp³-hybridized carbons (Fsp3) is 0.533. The Morgan fingerprint density at radius 2 is 2.10 bits per heavy atom. The third-order valence-electron chi connectivity index (χ3n) is 2.68. The predicted octanol–water partition coefficient (Wildman–Crippen LogP) is 1.93. The highest BCUT2D eigenvalue weighted by Gasteiger charge is 2.21. The van der Waals surface area contributed by atoms with E-state index in [1.165, 1.54) is 0 Å². The van der Waals surface area contributed by atoms with Gasteiger partial charge in [0.25, 0.3) is 0 Å². The Balaban J connectivity index is 2.84. The molecule has 1 rings (SSSR count). The summed E-state index contributed by atoms with van der Waals surface area (Å²) in [7, 11) is 1.62. The number of ether oxygens (including phenoxy) is 3. The lowest BCUT2D eigenvalue weighted by Crippen LogP contribution is -2.32. The summed E-state index contributed by atoms with van der Waals surface area (Å²) in [6.45, 7) is 5.75. The van der Waals surface area contributed by atoms with Crippen LogP contribution in [0.25, 0.3) is 0 Å². The first kappa shape index (κ1) is 16.5. The Labute approximate surface area is 120 Å². The van der Waals surface area contributed by atoms with Crippen LogP contribution in [-0.2, 0) is 14.3 Å². The van der Waals surface area contributed by atoms with E-state index in [0.717, 1.165) is 11.3 Å². The Kier molecular flexibility index (Phi) is 7.69. The standard InChI is InChI=1S/C15H23NO4/c1-4-19-13-8-6-7-12(11-13)14(15(17)20-5-2)16-9-10-18-3/h6-8,11,14,16H,4-5,9-10H2,1-3H3. The maximum atomic E-state index is 12.0. The van der Waals surface area contributed by atoms with Crippen LogP contribution in [0, 0.1) is 0 Å². The quantitative estimate of drug-likeness (QED) is 0.553. The van der Waals surface area contributed by atoms with E-state index in [2.05, 4.69) is 5.32 Å². The molecule has 1 N–H and O–H groups in total. The van der Waals surface area contributed by atoms with Crippen LogP contribution in [0.1, 0.15) is 25.5 Å². The lowest BCUT2D eigenvalue weighted by atomic mass is 10.1. The van der Waals surface area contributed by atoms with Gasteiger partial charge in [-0.3, -0.25) is 5.32 Å². The second kappa shape index (κ2) is 9.34. The van der Waals surface area contributed by atoms with Gasteiger partial charge in [-0.2, -0.15) is 0 Å². The Morgan fingerprint density at radius 1 is 1.30 bits per heavy atom. The Hall–Kier alpha value is -1.59. The minimum Gasteiger partial charge on any atom is -0.494 e. The normalized spacial score (nSPS) is 11.9. The summed E-state index contributed by atoms with van der Waals surface area (Å²) in [6.07, 6.45) is 0. The number of benzene rings is 1. The van der Waals surface area contributed by atoms with Crippen molar-refractivity contribution < 1.29 is 19.0 Å². The molecule has 112 valence electrons. The lowest BCUT2D eigenvalue weighted by molar-refractivity contribution is -0.145. The van der Waals surface area contributed by atoms with Gasteiger partial charge in [-0.05, 0) is 31.5 Å². The zero-order valence-electron chi connectivity index (χ0n) is 12.3. The average Bonchev–Trinajstić information content (AvgIpc) is 2.44. The molecule has 0 saturated carbocycles. The van der Waals surface area contributed by atoms with Crippen molar-refractivity contribution in [3.8, 4) is 5.75 Å². The summed E-state index contributed by atoms with van der Waals surface area (Å²) in [5.74, 6) is 0.449. The molecule has 0 fully saturated rings. The van der Waals surface area contributed by atoms with Crippen LogP contribution in [0.2, 0.25) is 0 Å². The maximum Gasteiger partial charge on any atom is 0.327 e. The molecule has 1 unspecified atom stereocenters. The third-order valence-corrected chi connectivity index (χ3v) is 2.68. The third kappa shape index (κ3) is 5.19. The van der Waals surface area contributed by atoms with E-state index in [1.54, 1.807) is 14.0 Å². The summed E-state index contributed by atoms with van der Waals surface area (Å²) < 4.78 is 15.6. The van der Waals surface area contributed by atoms with Gasteiger partial charge in [0.05, 0.1) is 19.8 Å². The van der Waals surface area contributed by atoms with Crippen molar-refractivity contribution in [2.45, 2.75) is 19.9 Å². The molecule has 0 amide bonds. The van der Waals surface area contributed by atoms with Crippen molar-refractivity contribution in [3.05, 3.63) is 29.8 Å². The lowest BCUT2D eigenvalue weighted by Gasteiger charge is -2.18. The molecule has 0 radical (unpaired) electrons. The first-order valence-electron chi connectivity index (χ1n) is 6.84. The molecule has 5 heteroatoms. The van der Waals surface area contributed by atoms with Gasteiger partial charge in [0.1, 0.15) is 11.8 Å². The number of carbonyl (C=O) groups excluding carboxylic acids is 1. The smallest absolute Gasteiger partial charge is 0.327 e. The first-order valence-corrected chi connectivity index (χ1v) is 6.84. The van der Waals surface area contributed by atoms with E-state index < -0.39 is 6.04 Å². The monoisotopic (exact) mass is 281 g/mol. The molecule has 0 spiro atoms. The van der Waals surface area contributed by atoms with Gasteiger partial charge in [-0.15, -0.1) is 0 Å². The summed E-state index contributed by atoms with van der Waals surface area (Å²) >= 11 is 0. The highest BCUT2D eigenvalue weighted by Crippen LogP contribution is 2.20. The number of hydrogen-bond acceptors (Lipinski definition) is 5. The van der Waals surface area contributed by atoms with Crippen LogP contribution in [0.4, 0.5) is 0 Å². The number of hydrogen-bond donors (Lipinski definition) is 1.